The van der Waals surface area contributed by atoms with Gasteiger partial charge in [-0.1, -0.05) is 6.92 Å². The molecule has 0 aliphatic rings. The standard InChI is InChI=1S/C10H19N3/c1-4-6-11-7-5-10-8(2)12-13-9(10)3/h11H,4-7H2,1-3H3,(H,12,13). The fourth-order valence-electron chi connectivity index (χ4n) is 1.46. The second-order valence-electron chi connectivity index (χ2n) is 3.41. The molecule has 0 fully saturated rings. The lowest BCUT2D eigenvalue weighted by atomic mass is 10.1. The van der Waals surface area contributed by atoms with Crippen LogP contribution in [0.25, 0.3) is 0 Å². The molecule has 1 heterocycles. The molecule has 0 spiro atoms. The highest BCUT2D eigenvalue weighted by Crippen LogP contribution is 2.08. The Morgan fingerprint density at radius 3 is 2.62 bits per heavy atom. The summed E-state index contributed by atoms with van der Waals surface area (Å²) in [5.41, 5.74) is 3.70. The molecule has 0 saturated heterocycles. The van der Waals surface area contributed by atoms with Crippen molar-refractivity contribution in [2.24, 2.45) is 0 Å². The maximum Gasteiger partial charge on any atom is 0.0626 e. The van der Waals surface area contributed by atoms with Gasteiger partial charge in [0.05, 0.1) is 5.69 Å². The monoisotopic (exact) mass is 181 g/mol. The van der Waals surface area contributed by atoms with Gasteiger partial charge in [-0.05, 0) is 45.3 Å². The molecule has 0 unspecified atom stereocenters. The van der Waals surface area contributed by atoms with Gasteiger partial charge in [0.25, 0.3) is 0 Å². The van der Waals surface area contributed by atoms with Crippen LogP contribution in [-0.4, -0.2) is 23.3 Å². The van der Waals surface area contributed by atoms with Gasteiger partial charge in [-0.15, -0.1) is 0 Å². The Bertz CT molecular complexity index is 233. The highest BCUT2D eigenvalue weighted by atomic mass is 15.1. The third-order valence-electron chi connectivity index (χ3n) is 2.26. The summed E-state index contributed by atoms with van der Waals surface area (Å²) < 4.78 is 0. The predicted octanol–water partition coefficient (Wildman–Crippen LogP) is 1.57. The average Bonchev–Trinajstić information content (AvgIpc) is 2.42. The molecule has 1 aromatic heterocycles. The van der Waals surface area contributed by atoms with Crippen LogP contribution in [-0.2, 0) is 6.42 Å². The highest BCUT2D eigenvalue weighted by Gasteiger charge is 2.04. The largest absolute Gasteiger partial charge is 0.316 e. The molecule has 0 amide bonds. The van der Waals surface area contributed by atoms with Crippen LogP contribution in [0.4, 0.5) is 0 Å². The maximum absolute atomic E-state index is 4.16. The smallest absolute Gasteiger partial charge is 0.0626 e. The highest BCUT2D eigenvalue weighted by molar-refractivity contribution is 5.23. The van der Waals surface area contributed by atoms with E-state index in [9.17, 15) is 0 Å². The Morgan fingerprint density at radius 2 is 2.08 bits per heavy atom. The Morgan fingerprint density at radius 1 is 1.31 bits per heavy atom. The summed E-state index contributed by atoms with van der Waals surface area (Å²) in [4.78, 5) is 0. The van der Waals surface area contributed by atoms with E-state index in [1.165, 1.54) is 17.7 Å². The Balaban J connectivity index is 2.36. The van der Waals surface area contributed by atoms with Crippen molar-refractivity contribution in [1.29, 1.82) is 0 Å². The molecule has 0 saturated carbocycles. The molecule has 0 radical (unpaired) electrons. The van der Waals surface area contributed by atoms with E-state index < -0.39 is 0 Å². The normalized spacial score (nSPS) is 10.7. The van der Waals surface area contributed by atoms with Crippen molar-refractivity contribution in [3.8, 4) is 0 Å². The predicted molar refractivity (Wildman–Crippen MR) is 54.9 cm³/mol. The quantitative estimate of drug-likeness (QED) is 0.677. The molecule has 0 aliphatic heterocycles. The molecule has 0 atom stereocenters. The van der Waals surface area contributed by atoms with Crippen molar-refractivity contribution in [2.75, 3.05) is 13.1 Å². The third-order valence-corrected chi connectivity index (χ3v) is 2.26. The van der Waals surface area contributed by atoms with E-state index >= 15 is 0 Å². The van der Waals surface area contributed by atoms with Crippen LogP contribution < -0.4 is 5.32 Å². The summed E-state index contributed by atoms with van der Waals surface area (Å²) >= 11 is 0. The van der Waals surface area contributed by atoms with E-state index in [0.717, 1.165) is 25.2 Å². The zero-order valence-corrected chi connectivity index (χ0v) is 8.78. The maximum atomic E-state index is 4.16. The van der Waals surface area contributed by atoms with E-state index in [2.05, 4.69) is 36.3 Å². The summed E-state index contributed by atoms with van der Waals surface area (Å²) in [5, 5.41) is 10.5. The van der Waals surface area contributed by atoms with Gasteiger partial charge in [-0.2, -0.15) is 5.10 Å². The molecule has 13 heavy (non-hydrogen) atoms. The molecule has 3 nitrogen and oxygen atoms in total. The summed E-state index contributed by atoms with van der Waals surface area (Å²) in [5.74, 6) is 0. The van der Waals surface area contributed by atoms with Crippen LogP contribution in [0.1, 0.15) is 30.3 Å². The SMILES string of the molecule is CCCNCCc1c(C)n[nH]c1C. The van der Waals surface area contributed by atoms with Gasteiger partial charge in [-0.25, -0.2) is 0 Å². The van der Waals surface area contributed by atoms with Crippen LogP contribution in [0.15, 0.2) is 0 Å². The van der Waals surface area contributed by atoms with E-state index in [0.29, 0.717) is 0 Å². The first-order valence-electron chi connectivity index (χ1n) is 4.96. The van der Waals surface area contributed by atoms with Crippen molar-refractivity contribution >= 4 is 0 Å². The number of aryl methyl sites for hydroxylation is 2. The number of nitrogens with zero attached hydrogens (tertiary/aromatic N) is 1. The zero-order chi connectivity index (χ0) is 9.68. The summed E-state index contributed by atoms with van der Waals surface area (Å²) in [6.45, 7) is 8.47. The molecule has 1 rings (SSSR count). The molecule has 2 N–H and O–H groups in total. The average molecular weight is 181 g/mol. The first-order chi connectivity index (χ1) is 6.25. The number of nitrogens with one attached hydrogen (secondary N) is 2. The Kier molecular flexibility index (Phi) is 3.96. The lowest BCUT2D eigenvalue weighted by Crippen LogP contribution is -2.18. The van der Waals surface area contributed by atoms with Gasteiger partial charge in [0.1, 0.15) is 0 Å². The van der Waals surface area contributed by atoms with Gasteiger partial charge in [0.2, 0.25) is 0 Å². The molecule has 0 aliphatic carbocycles. The third kappa shape index (κ3) is 2.84. The molecule has 0 aromatic carbocycles. The molecule has 3 heteroatoms. The summed E-state index contributed by atoms with van der Waals surface area (Å²) in [6.07, 6.45) is 2.28. The van der Waals surface area contributed by atoms with Crippen molar-refractivity contribution < 1.29 is 0 Å². The zero-order valence-electron chi connectivity index (χ0n) is 8.78. The van der Waals surface area contributed by atoms with Crippen LogP contribution in [0.3, 0.4) is 0 Å². The number of hydrogen-bond donors (Lipinski definition) is 2. The fraction of sp³-hybridized carbons (Fsp3) is 0.700. The van der Waals surface area contributed by atoms with Crippen molar-refractivity contribution in [3.05, 3.63) is 17.0 Å². The number of aromatic nitrogens is 2. The molecular formula is C10H19N3. The second kappa shape index (κ2) is 5.02. The number of aromatic amines is 1. The van der Waals surface area contributed by atoms with Gasteiger partial charge in [-0.3, -0.25) is 5.10 Å². The van der Waals surface area contributed by atoms with Crippen LogP contribution >= 0.6 is 0 Å². The van der Waals surface area contributed by atoms with E-state index in [4.69, 9.17) is 0 Å². The van der Waals surface area contributed by atoms with Gasteiger partial charge in [0, 0.05) is 5.69 Å². The van der Waals surface area contributed by atoms with E-state index in [-0.39, 0.29) is 0 Å². The molecule has 1 aromatic rings. The number of hydrogen-bond acceptors (Lipinski definition) is 2. The van der Waals surface area contributed by atoms with E-state index in [1.54, 1.807) is 0 Å². The van der Waals surface area contributed by atoms with Gasteiger partial charge >= 0.3 is 0 Å². The topological polar surface area (TPSA) is 40.7 Å². The molecular weight excluding hydrogens is 162 g/mol. The molecule has 0 bridgehead atoms. The lowest BCUT2D eigenvalue weighted by Gasteiger charge is -2.02. The van der Waals surface area contributed by atoms with Crippen molar-refractivity contribution in [2.45, 2.75) is 33.6 Å². The van der Waals surface area contributed by atoms with Crippen molar-refractivity contribution in [1.82, 2.24) is 15.5 Å². The van der Waals surface area contributed by atoms with Gasteiger partial charge < -0.3 is 5.32 Å². The minimum absolute atomic E-state index is 1.05. The summed E-state index contributed by atoms with van der Waals surface area (Å²) in [6, 6.07) is 0. The fourth-order valence-corrected chi connectivity index (χ4v) is 1.46. The molecule has 74 valence electrons. The Labute approximate surface area is 79.9 Å². The minimum atomic E-state index is 1.05. The summed E-state index contributed by atoms with van der Waals surface area (Å²) in [7, 11) is 0. The number of rotatable bonds is 5. The Hall–Kier alpha value is -0.830. The minimum Gasteiger partial charge on any atom is -0.316 e. The van der Waals surface area contributed by atoms with Crippen LogP contribution in [0.5, 0.6) is 0 Å². The van der Waals surface area contributed by atoms with Crippen molar-refractivity contribution in [3.63, 3.8) is 0 Å². The van der Waals surface area contributed by atoms with Crippen LogP contribution in [0.2, 0.25) is 0 Å². The second-order valence-corrected chi connectivity index (χ2v) is 3.41. The van der Waals surface area contributed by atoms with Crippen LogP contribution in [0, 0.1) is 13.8 Å². The first kappa shape index (κ1) is 10.3. The number of H-pyrrole nitrogens is 1. The van der Waals surface area contributed by atoms with Gasteiger partial charge in [0.15, 0.2) is 0 Å². The first-order valence-corrected chi connectivity index (χ1v) is 4.96. The lowest BCUT2D eigenvalue weighted by molar-refractivity contribution is 0.669. The van der Waals surface area contributed by atoms with E-state index in [1.807, 2.05) is 0 Å².